The van der Waals surface area contributed by atoms with Crippen molar-refractivity contribution in [1.29, 1.82) is 0 Å². The van der Waals surface area contributed by atoms with Gasteiger partial charge in [0.05, 0.1) is 0 Å². The minimum absolute atomic E-state index is 0.226. The van der Waals surface area contributed by atoms with Crippen LogP contribution in [0.3, 0.4) is 0 Å². The van der Waals surface area contributed by atoms with Crippen LogP contribution in [0.5, 0.6) is 0 Å². The smallest absolute Gasteiger partial charge is 0.223 e. The highest BCUT2D eigenvalue weighted by molar-refractivity contribution is 5.77. The molecule has 20 heavy (non-hydrogen) atoms. The average molecular weight is 275 g/mol. The molecule has 0 unspecified atom stereocenters. The van der Waals surface area contributed by atoms with E-state index in [2.05, 4.69) is 22.3 Å². The van der Waals surface area contributed by atoms with Gasteiger partial charge in [0.2, 0.25) is 11.8 Å². The van der Waals surface area contributed by atoms with E-state index < -0.39 is 0 Å². The van der Waals surface area contributed by atoms with E-state index in [0.717, 1.165) is 44.6 Å². The first-order valence-corrected chi connectivity index (χ1v) is 7.47. The summed E-state index contributed by atoms with van der Waals surface area (Å²) in [6, 6.07) is 0. The summed E-state index contributed by atoms with van der Waals surface area (Å²) in [5.74, 6) is 2.28. The molecule has 5 heteroatoms. The molecule has 1 fully saturated rings. The fourth-order valence-electron chi connectivity index (χ4n) is 3.11. The Kier molecular flexibility index (Phi) is 3.85. The van der Waals surface area contributed by atoms with E-state index in [0.29, 0.717) is 18.2 Å². The normalized spacial score (nSPS) is 26.1. The molecule has 2 heterocycles. The molecule has 0 radical (unpaired) electrons. The molecule has 5 nitrogen and oxygen atoms in total. The molecule has 1 aliphatic heterocycles. The van der Waals surface area contributed by atoms with Crippen molar-refractivity contribution in [2.75, 3.05) is 13.1 Å². The lowest BCUT2D eigenvalue weighted by Crippen LogP contribution is -2.39. The predicted molar refractivity (Wildman–Crippen MR) is 74.1 cm³/mol. The molecule has 0 aromatic carbocycles. The zero-order valence-corrected chi connectivity index (χ0v) is 11.9. The number of aryl methyl sites for hydroxylation is 1. The molecule has 108 valence electrons. The van der Waals surface area contributed by atoms with Gasteiger partial charge in [0.15, 0.2) is 5.82 Å². The summed E-state index contributed by atoms with van der Waals surface area (Å²) in [4.78, 5) is 18.6. The predicted octanol–water partition coefficient (Wildman–Crippen LogP) is 2.44. The molecule has 0 saturated carbocycles. The number of hydrogen-bond donors (Lipinski definition) is 0. The highest BCUT2D eigenvalue weighted by atomic mass is 16.5. The summed E-state index contributed by atoms with van der Waals surface area (Å²) in [5.41, 5.74) is 0. The van der Waals surface area contributed by atoms with Crippen LogP contribution in [-0.4, -0.2) is 34.0 Å². The average Bonchev–Trinajstić information content (AvgIpc) is 3.10. The molecule has 0 spiro atoms. The first-order valence-electron chi connectivity index (χ1n) is 7.47. The van der Waals surface area contributed by atoms with Crippen LogP contribution in [0.1, 0.15) is 49.7 Å². The van der Waals surface area contributed by atoms with E-state index in [1.165, 1.54) is 0 Å². The Bertz CT molecular complexity index is 509. The maximum absolute atomic E-state index is 12.4. The van der Waals surface area contributed by atoms with Crippen LogP contribution in [0.2, 0.25) is 0 Å². The third kappa shape index (κ3) is 2.92. The van der Waals surface area contributed by atoms with E-state index in [1.807, 2.05) is 4.90 Å². The number of amides is 1. The second kappa shape index (κ2) is 5.77. The van der Waals surface area contributed by atoms with E-state index in [-0.39, 0.29) is 11.8 Å². The molecule has 1 aliphatic carbocycles. The molecule has 1 aromatic heterocycles. The Morgan fingerprint density at radius 1 is 1.50 bits per heavy atom. The van der Waals surface area contributed by atoms with Crippen LogP contribution >= 0.6 is 0 Å². The summed E-state index contributed by atoms with van der Waals surface area (Å²) in [6.07, 6.45) is 9.29. The zero-order chi connectivity index (χ0) is 13.9. The third-order valence-electron chi connectivity index (χ3n) is 4.23. The monoisotopic (exact) mass is 275 g/mol. The van der Waals surface area contributed by atoms with Crippen LogP contribution in [0.25, 0.3) is 0 Å². The Hall–Kier alpha value is -1.65. The summed E-state index contributed by atoms with van der Waals surface area (Å²) in [7, 11) is 0. The van der Waals surface area contributed by atoms with Crippen molar-refractivity contribution in [3.8, 4) is 0 Å². The Balaban J connectivity index is 1.59. The molecule has 1 saturated heterocycles. The Morgan fingerprint density at radius 2 is 2.40 bits per heavy atom. The lowest BCUT2D eigenvalue weighted by atomic mass is 9.96. The van der Waals surface area contributed by atoms with E-state index in [9.17, 15) is 4.79 Å². The minimum Gasteiger partial charge on any atom is -0.342 e. The zero-order valence-electron chi connectivity index (χ0n) is 11.9. The highest BCUT2D eigenvalue weighted by Crippen LogP contribution is 2.27. The fourth-order valence-corrected chi connectivity index (χ4v) is 3.11. The van der Waals surface area contributed by atoms with Crippen molar-refractivity contribution in [1.82, 2.24) is 15.0 Å². The number of allylic oxidation sites excluding steroid dienone is 2. The lowest BCUT2D eigenvalue weighted by molar-refractivity contribution is -0.133. The van der Waals surface area contributed by atoms with Gasteiger partial charge in [-0.05, 0) is 31.6 Å². The largest absolute Gasteiger partial charge is 0.342 e. The van der Waals surface area contributed by atoms with E-state index in [4.69, 9.17) is 4.52 Å². The van der Waals surface area contributed by atoms with Gasteiger partial charge in [-0.15, -0.1) is 0 Å². The third-order valence-corrected chi connectivity index (χ3v) is 4.23. The first kappa shape index (κ1) is 13.3. The van der Waals surface area contributed by atoms with Gasteiger partial charge in [0.1, 0.15) is 0 Å². The second-order valence-corrected chi connectivity index (χ2v) is 5.82. The number of carbonyl (C=O) groups is 1. The van der Waals surface area contributed by atoms with Gasteiger partial charge in [-0.2, -0.15) is 4.98 Å². The first-order chi connectivity index (χ1) is 9.72. The maximum Gasteiger partial charge on any atom is 0.223 e. The molecule has 2 aliphatic rings. The highest BCUT2D eigenvalue weighted by Gasteiger charge is 2.28. The van der Waals surface area contributed by atoms with Gasteiger partial charge in [0.25, 0.3) is 0 Å². The summed E-state index contributed by atoms with van der Waals surface area (Å²) in [5, 5.41) is 4.00. The van der Waals surface area contributed by atoms with Crippen molar-refractivity contribution in [3.05, 3.63) is 23.9 Å². The van der Waals surface area contributed by atoms with E-state index >= 15 is 0 Å². The molecule has 1 aromatic rings. The molecular formula is C15H21N3O2. The van der Waals surface area contributed by atoms with Crippen molar-refractivity contribution >= 4 is 5.91 Å². The van der Waals surface area contributed by atoms with Crippen molar-refractivity contribution in [2.24, 2.45) is 5.92 Å². The summed E-state index contributed by atoms with van der Waals surface area (Å²) < 4.78 is 5.05. The molecular weight excluding hydrogens is 254 g/mol. The minimum atomic E-state index is 0.226. The number of aromatic nitrogens is 2. The fraction of sp³-hybridized carbons (Fsp3) is 0.667. The van der Waals surface area contributed by atoms with Gasteiger partial charge in [-0.25, -0.2) is 0 Å². The van der Waals surface area contributed by atoms with Crippen molar-refractivity contribution < 1.29 is 9.32 Å². The van der Waals surface area contributed by atoms with Gasteiger partial charge < -0.3 is 9.42 Å². The van der Waals surface area contributed by atoms with Crippen LogP contribution < -0.4 is 0 Å². The molecule has 0 N–H and O–H groups in total. The number of nitrogens with zero attached hydrogens (tertiary/aromatic N) is 3. The SMILES string of the molecule is Cc1nc([C@@H]2CCCN(C(=O)C[C@H]3C=CCC3)C2)no1. The molecule has 3 rings (SSSR count). The summed E-state index contributed by atoms with van der Waals surface area (Å²) >= 11 is 0. The van der Waals surface area contributed by atoms with Gasteiger partial charge in [-0.1, -0.05) is 17.3 Å². The van der Waals surface area contributed by atoms with Crippen molar-refractivity contribution in [2.45, 2.75) is 44.9 Å². The topological polar surface area (TPSA) is 59.2 Å². The number of carbonyl (C=O) groups excluding carboxylic acids is 1. The number of piperidine rings is 1. The number of likely N-dealkylation sites (tertiary alicyclic amines) is 1. The quantitative estimate of drug-likeness (QED) is 0.795. The van der Waals surface area contributed by atoms with Crippen LogP contribution in [-0.2, 0) is 4.79 Å². The van der Waals surface area contributed by atoms with Crippen molar-refractivity contribution in [3.63, 3.8) is 0 Å². The Morgan fingerprint density at radius 3 is 3.10 bits per heavy atom. The van der Waals surface area contributed by atoms with Gasteiger partial charge >= 0.3 is 0 Å². The van der Waals surface area contributed by atoms with Crippen LogP contribution in [0.15, 0.2) is 16.7 Å². The molecule has 1 amide bonds. The van der Waals surface area contributed by atoms with Crippen LogP contribution in [0.4, 0.5) is 0 Å². The Labute approximate surface area is 119 Å². The second-order valence-electron chi connectivity index (χ2n) is 5.82. The maximum atomic E-state index is 12.4. The van der Waals surface area contributed by atoms with E-state index in [1.54, 1.807) is 6.92 Å². The molecule has 2 atom stereocenters. The molecule has 0 bridgehead atoms. The summed E-state index contributed by atoms with van der Waals surface area (Å²) in [6.45, 7) is 3.39. The van der Waals surface area contributed by atoms with Gasteiger partial charge in [-0.3, -0.25) is 4.79 Å². The lowest BCUT2D eigenvalue weighted by Gasteiger charge is -2.32. The van der Waals surface area contributed by atoms with Gasteiger partial charge in [0, 0.05) is 32.4 Å². The van der Waals surface area contributed by atoms with Crippen LogP contribution in [0, 0.1) is 12.8 Å². The standard InChI is InChI=1S/C15H21N3O2/c1-11-16-15(17-20-11)13-7-4-8-18(10-13)14(19)9-12-5-2-3-6-12/h2,5,12-13H,3-4,6-10H2,1H3/t12-,13+/m0/s1. The number of hydrogen-bond acceptors (Lipinski definition) is 4. The number of rotatable bonds is 3.